The number of pyridine rings is 1. The van der Waals surface area contributed by atoms with E-state index in [9.17, 15) is 0 Å². The largest absolute Gasteiger partial charge is 0.497 e. The number of ether oxygens (including phenoxy) is 2. The lowest BCUT2D eigenvalue weighted by Gasteiger charge is -2.18. The summed E-state index contributed by atoms with van der Waals surface area (Å²) in [5.74, 6) is 3.28. The number of imidazole rings is 1. The van der Waals surface area contributed by atoms with Crippen molar-refractivity contribution < 1.29 is 9.47 Å². The molecule has 1 fully saturated rings. The van der Waals surface area contributed by atoms with Crippen molar-refractivity contribution in [3.63, 3.8) is 0 Å². The maximum atomic E-state index is 6.17. The highest BCUT2D eigenvalue weighted by Gasteiger charge is 2.23. The van der Waals surface area contributed by atoms with Crippen LogP contribution in [0.2, 0.25) is 0 Å². The monoisotopic (exact) mass is 507 g/mol. The summed E-state index contributed by atoms with van der Waals surface area (Å²) in [5.41, 5.74) is 6.05. The second-order valence-corrected chi connectivity index (χ2v) is 9.84. The van der Waals surface area contributed by atoms with Crippen molar-refractivity contribution in [2.24, 2.45) is 0 Å². The topological polar surface area (TPSA) is 83.1 Å². The summed E-state index contributed by atoms with van der Waals surface area (Å²) in [6.07, 6.45) is 6.98. The molecular weight excluding hydrogens is 478 g/mol. The number of rotatable bonds is 6. The fourth-order valence-corrected chi connectivity index (χ4v) is 5.38. The van der Waals surface area contributed by atoms with E-state index in [-0.39, 0.29) is 0 Å². The number of hydrogen-bond donors (Lipinski definition) is 0. The summed E-state index contributed by atoms with van der Waals surface area (Å²) < 4.78 is 15.5. The SMILES string of the molecule is COc1ccc(Cn2cnc(-c3ccc(-c4nc5cc(N6CCCC6)cc6c5n4CCCO6)nc3)n2)cc1. The average molecular weight is 508 g/mol. The van der Waals surface area contributed by atoms with Gasteiger partial charge in [-0.3, -0.25) is 4.98 Å². The van der Waals surface area contributed by atoms with E-state index in [0.29, 0.717) is 19.0 Å². The van der Waals surface area contributed by atoms with Gasteiger partial charge >= 0.3 is 0 Å². The van der Waals surface area contributed by atoms with Crippen molar-refractivity contribution in [3.05, 3.63) is 66.6 Å². The Kier molecular flexibility index (Phi) is 5.68. The van der Waals surface area contributed by atoms with Crippen LogP contribution in [0.3, 0.4) is 0 Å². The van der Waals surface area contributed by atoms with Gasteiger partial charge < -0.3 is 18.9 Å². The van der Waals surface area contributed by atoms with Crippen LogP contribution < -0.4 is 14.4 Å². The van der Waals surface area contributed by atoms with E-state index in [0.717, 1.165) is 71.2 Å². The zero-order valence-electron chi connectivity index (χ0n) is 21.4. The van der Waals surface area contributed by atoms with Gasteiger partial charge in [0.1, 0.15) is 29.0 Å². The Balaban J connectivity index is 1.17. The van der Waals surface area contributed by atoms with Gasteiger partial charge in [0.2, 0.25) is 0 Å². The first kappa shape index (κ1) is 22.8. The predicted molar refractivity (Wildman–Crippen MR) is 146 cm³/mol. The Morgan fingerprint density at radius 2 is 1.82 bits per heavy atom. The lowest BCUT2D eigenvalue weighted by molar-refractivity contribution is 0.316. The Labute approximate surface area is 220 Å². The minimum atomic E-state index is 0.635. The van der Waals surface area contributed by atoms with Crippen molar-refractivity contribution in [2.45, 2.75) is 32.4 Å². The number of aryl methyl sites for hydroxylation is 1. The van der Waals surface area contributed by atoms with Gasteiger partial charge in [0.25, 0.3) is 0 Å². The highest BCUT2D eigenvalue weighted by atomic mass is 16.5. The number of aromatic nitrogens is 6. The van der Waals surface area contributed by atoms with Crippen molar-refractivity contribution in [3.8, 4) is 34.4 Å². The van der Waals surface area contributed by atoms with E-state index >= 15 is 0 Å². The highest BCUT2D eigenvalue weighted by Crippen LogP contribution is 2.37. The fourth-order valence-electron chi connectivity index (χ4n) is 5.38. The predicted octanol–water partition coefficient (Wildman–Crippen LogP) is 4.80. The molecular formula is C29H29N7O2. The van der Waals surface area contributed by atoms with Gasteiger partial charge in [-0.25, -0.2) is 14.6 Å². The number of nitrogens with zero attached hydrogens (tertiary/aromatic N) is 7. The lowest BCUT2D eigenvalue weighted by atomic mass is 10.2. The third kappa shape index (κ3) is 4.13. The fraction of sp³-hybridized carbons (Fsp3) is 0.310. The molecule has 2 aliphatic heterocycles. The first-order chi connectivity index (χ1) is 18.7. The number of benzene rings is 2. The molecule has 9 nitrogen and oxygen atoms in total. The number of anilines is 1. The molecule has 0 aliphatic carbocycles. The Bertz CT molecular complexity index is 1580. The molecule has 0 amide bonds. The van der Waals surface area contributed by atoms with E-state index in [1.54, 1.807) is 13.4 Å². The second kappa shape index (κ2) is 9.48. The molecule has 2 aliphatic rings. The maximum absolute atomic E-state index is 6.17. The Morgan fingerprint density at radius 1 is 0.947 bits per heavy atom. The Morgan fingerprint density at radius 3 is 2.61 bits per heavy atom. The molecule has 9 heteroatoms. The minimum absolute atomic E-state index is 0.635. The third-order valence-electron chi connectivity index (χ3n) is 7.34. The smallest absolute Gasteiger partial charge is 0.182 e. The molecule has 0 saturated carbocycles. The molecule has 0 atom stereocenters. The van der Waals surface area contributed by atoms with Gasteiger partial charge in [0, 0.05) is 43.1 Å². The van der Waals surface area contributed by atoms with Crippen LogP contribution in [0.25, 0.3) is 33.9 Å². The van der Waals surface area contributed by atoms with Crippen LogP contribution in [0.4, 0.5) is 5.69 Å². The van der Waals surface area contributed by atoms with E-state index in [1.165, 1.54) is 18.5 Å². The molecule has 2 aromatic carbocycles. The van der Waals surface area contributed by atoms with Crippen LogP contribution in [0.5, 0.6) is 11.5 Å². The van der Waals surface area contributed by atoms with Gasteiger partial charge in [-0.05, 0) is 55.2 Å². The molecule has 0 spiro atoms. The molecule has 7 rings (SSSR count). The van der Waals surface area contributed by atoms with E-state index in [1.807, 2.05) is 47.3 Å². The molecule has 192 valence electrons. The standard InChI is InChI=1S/C29H29N7O2/c1-37-23-8-5-20(6-9-23)18-35-19-31-28(33-35)21-7-10-24(30-17-21)29-32-25-15-22(34-11-2-3-12-34)16-26-27(25)36(29)13-4-14-38-26/h5-10,15-17,19H,2-4,11-14,18H2,1H3. The lowest BCUT2D eigenvalue weighted by Crippen LogP contribution is -2.17. The summed E-state index contributed by atoms with van der Waals surface area (Å²) in [5, 5.41) is 4.66. The minimum Gasteiger partial charge on any atom is -0.497 e. The molecule has 0 radical (unpaired) electrons. The second-order valence-electron chi connectivity index (χ2n) is 9.84. The normalized spacial score (nSPS) is 15.0. The first-order valence-corrected chi connectivity index (χ1v) is 13.2. The number of methoxy groups -OCH3 is 1. The van der Waals surface area contributed by atoms with Crippen LogP contribution in [0.1, 0.15) is 24.8 Å². The van der Waals surface area contributed by atoms with Gasteiger partial charge in [-0.15, -0.1) is 0 Å². The van der Waals surface area contributed by atoms with Gasteiger partial charge in [-0.1, -0.05) is 12.1 Å². The molecule has 3 aromatic heterocycles. The molecule has 0 N–H and O–H groups in total. The highest BCUT2D eigenvalue weighted by molar-refractivity contribution is 5.89. The maximum Gasteiger partial charge on any atom is 0.182 e. The van der Waals surface area contributed by atoms with Crippen molar-refractivity contribution >= 4 is 16.7 Å². The average Bonchev–Trinajstić information content (AvgIpc) is 3.69. The summed E-state index contributed by atoms with van der Waals surface area (Å²) in [6, 6.07) is 16.4. The van der Waals surface area contributed by atoms with Gasteiger partial charge in [0.05, 0.1) is 25.8 Å². The molecule has 1 saturated heterocycles. The molecule has 0 bridgehead atoms. The van der Waals surface area contributed by atoms with Crippen LogP contribution in [-0.2, 0) is 13.1 Å². The van der Waals surface area contributed by atoms with Gasteiger partial charge in [0.15, 0.2) is 11.6 Å². The van der Waals surface area contributed by atoms with E-state index in [4.69, 9.17) is 19.4 Å². The zero-order chi connectivity index (χ0) is 25.5. The zero-order valence-corrected chi connectivity index (χ0v) is 21.4. The van der Waals surface area contributed by atoms with Crippen LogP contribution in [0, 0.1) is 0 Å². The Hall–Kier alpha value is -4.40. The van der Waals surface area contributed by atoms with Crippen molar-refractivity contribution in [1.29, 1.82) is 0 Å². The third-order valence-corrected chi connectivity index (χ3v) is 7.34. The quantitative estimate of drug-likeness (QED) is 0.327. The van der Waals surface area contributed by atoms with Gasteiger partial charge in [-0.2, -0.15) is 5.10 Å². The van der Waals surface area contributed by atoms with E-state index in [2.05, 4.69) is 31.7 Å². The summed E-state index contributed by atoms with van der Waals surface area (Å²) in [4.78, 5) is 16.8. The summed E-state index contributed by atoms with van der Waals surface area (Å²) in [6.45, 7) is 4.37. The molecule has 0 unspecified atom stereocenters. The van der Waals surface area contributed by atoms with Crippen LogP contribution in [-0.4, -0.2) is 56.1 Å². The van der Waals surface area contributed by atoms with Crippen molar-refractivity contribution in [2.75, 3.05) is 31.7 Å². The molecule has 5 aromatic rings. The van der Waals surface area contributed by atoms with Crippen LogP contribution in [0.15, 0.2) is 61.1 Å². The molecule has 38 heavy (non-hydrogen) atoms. The first-order valence-electron chi connectivity index (χ1n) is 13.2. The van der Waals surface area contributed by atoms with Crippen molar-refractivity contribution in [1.82, 2.24) is 29.3 Å². The number of hydrogen-bond acceptors (Lipinski definition) is 7. The van der Waals surface area contributed by atoms with E-state index < -0.39 is 0 Å². The van der Waals surface area contributed by atoms with Crippen LogP contribution >= 0.6 is 0 Å². The summed E-state index contributed by atoms with van der Waals surface area (Å²) >= 11 is 0. The summed E-state index contributed by atoms with van der Waals surface area (Å²) in [7, 11) is 1.67. The molecule has 5 heterocycles.